The highest BCUT2D eigenvalue weighted by molar-refractivity contribution is 5.48. The van der Waals surface area contributed by atoms with Crippen molar-refractivity contribution in [2.24, 2.45) is 0 Å². The first-order valence-corrected chi connectivity index (χ1v) is 6.48. The molecule has 0 aromatic heterocycles. The zero-order chi connectivity index (χ0) is 12.5. The largest absolute Gasteiger partial charge is 0.428 e. The van der Waals surface area contributed by atoms with Crippen LogP contribution in [0.25, 0.3) is 0 Å². The Morgan fingerprint density at radius 1 is 1.24 bits per heavy atom. The average molecular weight is 234 g/mol. The summed E-state index contributed by atoms with van der Waals surface area (Å²) in [5.74, 6) is 1.15. The number of hydrogen-bond donors (Lipinski definition) is 0. The molecule has 94 valence electrons. The molecule has 0 aliphatic heterocycles. The van der Waals surface area contributed by atoms with Gasteiger partial charge in [0.1, 0.15) is 5.75 Å². The normalized spacial score (nSPS) is 12.1. The third kappa shape index (κ3) is 4.59. The van der Waals surface area contributed by atoms with Crippen LogP contribution < -0.4 is 4.74 Å². The van der Waals surface area contributed by atoms with Gasteiger partial charge in [-0.15, -0.1) is 0 Å². The maximum atomic E-state index is 10.4. The number of benzene rings is 1. The van der Waals surface area contributed by atoms with E-state index in [-0.39, 0.29) is 0 Å². The Labute approximate surface area is 104 Å². The van der Waals surface area contributed by atoms with Crippen molar-refractivity contribution in [2.75, 3.05) is 0 Å². The van der Waals surface area contributed by atoms with E-state index in [0.717, 1.165) is 12.0 Å². The summed E-state index contributed by atoms with van der Waals surface area (Å²) >= 11 is 0. The Morgan fingerprint density at radius 2 is 2.00 bits per heavy atom. The van der Waals surface area contributed by atoms with Crippen molar-refractivity contribution in [1.29, 1.82) is 0 Å². The molecule has 0 aliphatic carbocycles. The fraction of sp³-hybridized carbons (Fsp3) is 0.533. The van der Waals surface area contributed by atoms with Gasteiger partial charge in [0, 0.05) is 0 Å². The average Bonchev–Trinajstić information content (AvgIpc) is 2.35. The number of carbonyl (C=O) groups excluding carboxylic acids is 1. The summed E-state index contributed by atoms with van der Waals surface area (Å²) in [6, 6.07) is 7.79. The minimum Gasteiger partial charge on any atom is -0.428 e. The summed E-state index contributed by atoms with van der Waals surface area (Å²) in [4.78, 5) is 10.4. The molecule has 0 N–H and O–H groups in total. The lowest BCUT2D eigenvalue weighted by Gasteiger charge is -2.14. The maximum absolute atomic E-state index is 10.4. The Hall–Kier alpha value is -1.31. The van der Waals surface area contributed by atoms with E-state index < -0.39 is 0 Å². The van der Waals surface area contributed by atoms with Gasteiger partial charge >= 0.3 is 0 Å². The molecule has 0 heterocycles. The van der Waals surface area contributed by atoms with Crippen LogP contribution in [0.15, 0.2) is 24.3 Å². The molecule has 1 aromatic rings. The van der Waals surface area contributed by atoms with Crippen LogP contribution in [0.3, 0.4) is 0 Å². The smallest absolute Gasteiger partial charge is 0.298 e. The van der Waals surface area contributed by atoms with Crippen LogP contribution in [0.5, 0.6) is 5.75 Å². The fourth-order valence-corrected chi connectivity index (χ4v) is 2.08. The summed E-state index contributed by atoms with van der Waals surface area (Å²) < 4.78 is 5.01. The van der Waals surface area contributed by atoms with Gasteiger partial charge in [-0.25, -0.2) is 0 Å². The second kappa shape index (κ2) is 7.88. The molecule has 1 unspecified atom stereocenters. The highest BCUT2D eigenvalue weighted by atomic mass is 16.5. The molecule has 0 aliphatic rings. The summed E-state index contributed by atoms with van der Waals surface area (Å²) in [5, 5.41) is 0. The van der Waals surface area contributed by atoms with E-state index in [2.05, 4.69) is 13.8 Å². The second-order valence-corrected chi connectivity index (χ2v) is 4.50. The number of para-hydroxylation sites is 1. The van der Waals surface area contributed by atoms with E-state index in [4.69, 9.17) is 4.74 Å². The monoisotopic (exact) mass is 234 g/mol. The lowest BCUT2D eigenvalue weighted by molar-refractivity contribution is -0.120. The van der Waals surface area contributed by atoms with Gasteiger partial charge in [0.2, 0.25) is 0 Å². The third-order valence-electron chi connectivity index (χ3n) is 3.12. The highest BCUT2D eigenvalue weighted by Crippen LogP contribution is 2.29. The van der Waals surface area contributed by atoms with Crippen LogP contribution in [0.1, 0.15) is 57.4 Å². The minimum absolute atomic E-state index is 0.447. The van der Waals surface area contributed by atoms with Crippen molar-refractivity contribution in [2.45, 2.75) is 51.9 Å². The summed E-state index contributed by atoms with van der Waals surface area (Å²) in [7, 11) is 0. The summed E-state index contributed by atoms with van der Waals surface area (Å²) in [6.07, 6.45) is 6.25. The van der Waals surface area contributed by atoms with E-state index in [1.54, 1.807) is 0 Å². The molecule has 1 rings (SSSR count). The van der Waals surface area contributed by atoms with E-state index in [9.17, 15) is 4.79 Å². The Balaban J connectivity index is 2.54. The molecule has 1 aromatic carbocycles. The molecule has 0 fully saturated rings. The van der Waals surface area contributed by atoms with Crippen molar-refractivity contribution >= 4 is 6.47 Å². The molecular weight excluding hydrogens is 212 g/mol. The van der Waals surface area contributed by atoms with Crippen LogP contribution in [0.2, 0.25) is 0 Å². The molecule has 0 saturated carbocycles. The molecule has 1 atom stereocenters. The lowest BCUT2D eigenvalue weighted by atomic mass is 9.94. The Bertz CT molecular complexity index is 333. The number of ether oxygens (including phenoxy) is 1. The standard InChI is InChI=1S/C15H22O2/c1-3-4-5-6-9-13(2)14-10-7-8-11-15(14)17-12-16/h7-8,10-13H,3-6,9H2,1-2H3. The van der Waals surface area contributed by atoms with Gasteiger partial charge in [-0.1, -0.05) is 57.7 Å². The first-order valence-electron chi connectivity index (χ1n) is 6.48. The van der Waals surface area contributed by atoms with Gasteiger partial charge in [0.15, 0.2) is 0 Å². The van der Waals surface area contributed by atoms with Crippen LogP contribution in [-0.2, 0) is 4.79 Å². The highest BCUT2D eigenvalue weighted by Gasteiger charge is 2.10. The number of rotatable bonds is 8. The van der Waals surface area contributed by atoms with Crippen LogP contribution in [0.4, 0.5) is 0 Å². The van der Waals surface area contributed by atoms with E-state index >= 15 is 0 Å². The lowest BCUT2D eigenvalue weighted by Crippen LogP contribution is -1.99. The number of unbranched alkanes of at least 4 members (excludes halogenated alkanes) is 3. The van der Waals surface area contributed by atoms with Crippen molar-refractivity contribution in [3.05, 3.63) is 29.8 Å². The van der Waals surface area contributed by atoms with Crippen molar-refractivity contribution in [3.8, 4) is 5.75 Å². The first-order chi connectivity index (χ1) is 8.29. The van der Waals surface area contributed by atoms with E-state index in [1.807, 2.05) is 24.3 Å². The first kappa shape index (κ1) is 13.8. The van der Waals surface area contributed by atoms with Gasteiger partial charge in [0.05, 0.1) is 0 Å². The zero-order valence-corrected chi connectivity index (χ0v) is 10.8. The van der Waals surface area contributed by atoms with Gasteiger partial charge in [-0.05, 0) is 24.0 Å². The summed E-state index contributed by atoms with van der Waals surface area (Å²) in [6.45, 7) is 4.91. The third-order valence-corrected chi connectivity index (χ3v) is 3.12. The van der Waals surface area contributed by atoms with Gasteiger partial charge in [-0.3, -0.25) is 4.79 Å². The van der Waals surface area contributed by atoms with Crippen molar-refractivity contribution in [1.82, 2.24) is 0 Å². The zero-order valence-electron chi connectivity index (χ0n) is 10.8. The van der Waals surface area contributed by atoms with Crippen LogP contribution in [-0.4, -0.2) is 6.47 Å². The van der Waals surface area contributed by atoms with E-state index in [0.29, 0.717) is 18.1 Å². The molecule has 0 saturated heterocycles. The number of carbonyl (C=O) groups is 1. The van der Waals surface area contributed by atoms with Crippen LogP contribution >= 0.6 is 0 Å². The number of hydrogen-bond acceptors (Lipinski definition) is 2. The molecule has 0 bridgehead atoms. The van der Waals surface area contributed by atoms with E-state index in [1.165, 1.54) is 25.7 Å². The van der Waals surface area contributed by atoms with Crippen LogP contribution in [0, 0.1) is 0 Å². The molecule has 0 spiro atoms. The quantitative estimate of drug-likeness (QED) is 0.495. The van der Waals surface area contributed by atoms with Gasteiger partial charge < -0.3 is 4.74 Å². The minimum atomic E-state index is 0.447. The van der Waals surface area contributed by atoms with Gasteiger partial charge in [0.25, 0.3) is 6.47 Å². The molecule has 17 heavy (non-hydrogen) atoms. The molecule has 0 amide bonds. The SMILES string of the molecule is CCCCCCC(C)c1ccccc1OC=O. The van der Waals surface area contributed by atoms with Crippen molar-refractivity contribution < 1.29 is 9.53 Å². The molecule has 2 nitrogen and oxygen atoms in total. The Morgan fingerprint density at radius 3 is 2.71 bits per heavy atom. The molecule has 0 radical (unpaired) electrons. The topological polar surface area (TPSA) is 26.3 Å². The Kier molecular flexibility index (Phi) is 6.38. The predicted octanol–water partition coefficient (Wildman–Crippen LogP) is 4.30. The maximum Gasteiger partial charge on any atom is 0.298 e. The molecular formula is C15H22O2. The molecule has 2 heteroatoms. The second-order valence-electron chi connectivity index (χ2n) is 4.50. The predicted molar refractivity (Wildman–Crippen MR) is 70.3 cm³/mol. The fourth-order valence-electron chi connectivity index (χ4n) is 2.08. The van der Waals surface area contributed by atoms with Crippen molar-refractivity contribution in [3.63, 3.8) is 0 Å². The van der Waals surface area contributed by atoms with Gasteiger partial charge in [-0.2, -0.15) is 0 Å². The summed E-state index contributed by atoms with van der Waals surface area (Å²) in [5.41, 5.74) is 1.14.